The molecule has 120 valence electrons. The maximum atomic E-state index is 11.3. The summed E-state index contributed by atoms with van der Waals surface area (Å²) in [5.41, 5.74) is 0. The Labute approximate surface area is 124 Å². The van der Waals surface area contributed by atoms with E-state index in [2.05, 4.69) is 17.6 Å². The molecule has 0 atom stereocenters. The molecule has 0 aromatic carbocycles. The fraction of sp³-hybridized carbons (Fsp3) is 0.938. The second-order valence-electron chi connectivity index (χ2n) is 5.40. The van der Waals surface area contributed by atoms with E-state index in [0.717, 1.165) is 45.3 Å². The molecule has 4 heteroatoms. The molecule has 0 aliphatic rings. The number of carbonyl (C=O) groups is 1. The van der Waals surface area contributed by atoms with Gasteiger partial charge >= 0.3 is 0 Å². The van der Waals surface area contributed by atoms with Crippen LogP contribution in [0.5, 0.6) is 0 Å². The van der Waals surface area contributed by atoms with Crippen molar-refractivity contribution in [3.8, 4) is 0 Å². The van der Waals surface area contributed by atoms with Crippen LogP contribution in [0.25, 0.3) is 0 Å². The summed E-state index contributed by atoms with van der Waals surface area (Å²) in [6.07, 6.45) is 11.1. The quantitative estimate of drug-likeness (QED) is 0.406. The normalized spacial score (nSPS) is 10.7. The summed E-state index contributed by atoms with van der Waals surface area (Å²) in [5.74, 6) is 0.177. The van der Waals surface area contributed by atoms with Gasteiger partial charge in [-0.15, -0.1) is 0 Å². The Morgan fingerprint density at radius 3 is 2.15 bits per heavy atom. The lowest BCUT2D eigenvalue weighted by atomic mass is 10.1. The number of hydrogen-bond acceptors (Lipinski definition) is 3. The van der Waals surface area contributed by atoms with Crippen LogP contribution in [0.4, 0.5) is 0 Å². The third-order valence-electron chi connectivity index (χ3n) is 3.39. The second kappa shape index (κ2) is 16.4. The first-order valence-electron chi connectivity index (χ1n) is 8.39. The van der Waals surface area contributed by atoms with Crippen molar-refractivity contribution in [2.24, 2.45) is 0 Å². The minimum atomic E-state index is 0.177. The highest BCUT2D eigenvalue weighted by atomic mass is 16.2. The zero-order valence-electron chi connectivity index (χ0n) is 13.3. The van der Waals surface area contributed by atoms with Gasteiger partial charge < -0.3 is 15.7 Å². The number of nitrogens with one attached hydrogen (secondary N) is 2. The predicted molar refractivity (Wildman–Crippen MR) is 84.8 cm³/mol. The summed E-state index contributed by atoms with van der Waals surface area (Å²) in [7, 11) is 0. The van der Waals surface area contributed by atoms with Gasteiger partial charge in [0.2, 0.25) is 5.91 Å². The first-order valence-corrected chi connectivity index (χ1v) is 8.39. The number of aliphatic hydroxyl groups excluding tert-OH is 1. The molecule has 0 spiro atoms. The van der Waals surface area contributed by atoms with Gasteiger partial charge in [-0.1, -0.05) is 45.4 Å². The first-order chi connectivity index (χ1) is 9.81. The summed E-state index contributed by atoms with van der Waals surface area (Å²) >= 11 is 0. The van der Waals surface area contributed by atoms with Gasteiger partial charge in [0.05, 0.1) is 0 Å². The van der Waals surface area contributed by atoms with Gasteiger partial charge in [0.25, 0.3) is 0 Å². The maximum Gasteiger partial charge on any atom is 0.220 e. The Balaban J connectivity index is 3.04. The number of hydrogen-bond donors (Lipinski definition) is 3. The Morgan fingerprint density at radius 2 is 1.50 bits per heavy atom. The van der Waals surface area contributed by atoms with Crippen molar-refractivity contribution in [2.75, 3.05) is 26.2 Å². The Kier molecular flexibility index (Phi) is 15.9. The van der Waals surface area contributed by atoms with E-state index in [9.17, 15) is 4.79 Å². The van der Waals surface area contributed by atoms with Crippen molar-refractivity contribution >= 4 is 5.91 Å². The van der Waals surface area contributed by atoms with Gasteiger partial charge in [0.1, 0.15) is 0 Å². The highest BCUT2D eigenvalue weighted by molar-refractivity contribution is 5.75. The fourth-order valence-electron chi connectivity index (χ4n) is 2.09. The highest BCUT2D eigenvalue weighted by Crippen LogP contribution is 2.06. The van der Waals surface area contributed by atoms with Crippen LogP contribution in [0.2, 0.25) is 0 Å². The molecule has 0 aromatic heterocycles. The van der Waals surface area contributed by atoms with Crippen molar-refractivity contribution in [3.63, 3.8) is 0 Å². The van der Waals surface area contributed by atoms with E-state index in [1.54, 1.807) is 0 Å². The van der Waals surface area contributed by atoms with Gasteiger partial charge in [-0.05, 0) is 25.8 Å². The lowest BCUT2D eigenvalue weighted by molar-refractivity contribution is -0.121. The summed E-state index contributed by atoms with van der Waals surface area (Å²) in [4.78, 5) is 11.3. The van der Waals surface area contributed by atoms with Crippen LogP contribution in [-0.2, 0) is 4.79 Å². The van der Waals surface area contributed by atoms with E-state index in [1.165, 1.54) is 32.1 Å². The van der Waals surface area contributed by atoms with E-state index >= 15 is 0 Å². The van der Waals surface area contributed by atoms with Crippen LogP contribution in [-0.4, -0.2) is 37.3 Å². The van der Waals surface area contributed by atoms with Crippen molar-refractivity contribution in [3.05, 3.63) is 0 Å². The topological polar surface area (TPSA) is 61.4 Å². The van der Waals surface area contributed by atoms with E-state index in [0.29, 0.717) is 13.0 Å². The van der Waals surface area contributed by atoms with Crippen molar-refractivity contribution in [1.29, 1.82) is 0 Å². The van der Waals surface area contributed by atoms with Crippen LogP contribution in [0.3, 0.4) is 0 Å². The fourth-order valence-corrected chi connectivity index (χ4v) is 2.09. The molecule has 4 nitrogen and oxygen atoms in total. The zero-order valence-corrected chi connectivity index (χ0v) is 13.3. The van der Waals surface area contributed by atoms with Crippen LogP contribution in [0.15, 0.2) is 0 Å². The third kappa shape index (κ3) is 15.4. The summed E-state index contributed by atoms with van der Waals surface area (Å²) < 4.78 is 0. The van der Waals surface area contributed by atoms with Gasteiger partial charge in [-0.2, -0.15) is 0 Å². The van der Waals surface area contributed by atoms with Gasteiger partial charge in [0.15, 0.2) is 0 Å². The lowest BCUT2D eigenvalue weighted by Crippen LogP contribution is -2.32. The van der Waals surface area contributed by atoms with Crippen molar-refractivity contribution in [1.82, 2.24) is 10.6 Å². The summed E-state index contributed by atoms with van der Waals surface area (Å²) in [5, 5.41) is 14.9. The second-order valence-corrected chi connectivity index (χ2v) is 5.40. The average molecular weight is 286 g/mol. The molecule has 0 aliphatic heterocycles. The third-order valence-corrected chi connectivity index (χ3v) is 3.39. The summed E-state index contributed by atoms with van der Waals surface area (Å²) in [6, 6.07) is 0. The molecule has 3 N–H and O–H groups in total. The standard InChI is InChI=1S/C16H34N2O2/c1-2-3-11-16(20)18-14-13-17-12-9-7-5-4-6-8-10-15-19/h17,19H,2-15H2,1H3,(H,18,20). The molecule has 0 fully saturated rings. The molecular formula is C16H34N2O2. The smallest absolute Gasteiger partial charge is 0.220 e. The monoisotopic (exact) mass is 286 g/mol. The van der Waals surface area contributed by atoms with Crippen LogP contribution < -0.4 is 10.6 Å². The van der Waals surface area contributed by atoms with Crippen LogP contribution >= 0.6 is 0 Å². The molecule has 0 bridgehead atoms. The van der Waals surface area contributed by atoms with Gasteiger partial charge in [0, 0.05) is 26.1 Å². The molecule has 0 aromatic rings. The SMILES string of the molecule is CCCCC(=O)NCCNCCCCCCCCCO. The minimum absolute atomic E-state index is 0.177. The molecule has 1 amide bonds. The lowest BCUT2D eigenvalue weighted by Gasteiger charge is -2.06. The number of rotatable bonds is 15. The minimum Gasteiger partial charge on any atom is -0.396 e. The molecule has 0 heterocycles. The number of carbonyl (C=O) groups excluding carboxylic acids is 1. The largest absolute Gasteiger partial charge is 0.396 e. The van der Waals surface area contributed by atoms with Crippen molar-refractivity contribution in [2.45, 2.75) is 71.1 Å². The Hall–Kier alpha value is -0.610. The average Bonchev–Trinajstić information content (AvgIpc) is 2.46. The maximum absolute atomic E-state index is 11.3. The molecule has 0 saturated heterocycles. The number of aliphatic hydroxyl groups is 1. The number of amides is 1. The zero-order chi connectivity index (χ0) is 14.9. The molecule has 0 aliphatic carbocycles. The van der Waals surface area contributed by atoms with E-state index in [4.69, 9.17) is 5.11 Å². The van der Waals surface area contributed by atoms with Gasteiger partial charge in [-0.25, -0.2) is 0 Å². The first kappa shape index (κ1) is 19.4. The number of unbranched alkanes of at least 4 members (excludes halogenated alkanes) is 7. The van der Waals surface area contributed by atoms with Crippen LogP contribution in [0, 0.1) is 0 Å². The Morgan fingerprint density at radius 1 is 0.850 bits per heavy atom. The summed E-state index contributed by atoms with van der Waals surface area (Å²) in [6.45, 7) is 5.08. The van der Waals surface area contributed by atoms with Gasteiger partial charge in [-0.3, -0.25) is 4.79 Å². The molecule has 0 radical (unpaired) electrons. The van der Waals surface area contributed by atoms with E-state index in [-0.39, 0.29) is 5.91 Å². The molecule has 0 unspecified atom stereocenters. The van der Waals surface area contributed by atoms with Crippen LogP contribution in [0.1, 0.15) is 71.1 Å². The molecule has 0 rings (SSSR count). The van der Waals surface area contributed by atoms with Crippen molar-refractivity contribution < 1.29 is 9.90 Å². The predicted octanol–water partition coefficient (Wildman–Crippen LogP) is 2.61. The van der Waals surface area contributed by atoms with E-state index < -0.39 is 0 Å². The molecule has 0 saturated carbocycles. The Bertz CT molecular complexity index is 211. The van der Waals surface area contributed by atoms with E-state index in [1.807, 2.05) is 0 Å². The molecule has 20 heavy (non-hydrogen) atoms. The molecular weight excluding hydrogens is 252 g/mol. The highest BCUT2D eigenvalue weighted by Gasteiger charge is 1.98.